The van der Waals surface area contributed by atoms with E-state index in [1.807, 2.05) is 29.2 Å². The molecule has 1 N–H and O–H groups in total. The first-order chi connectivity index (χ1) is 16.4. The first-order valence-corrected chi connectivity index (χ1v) is 10.8. The molecular weight excluding hydrogens is 436 g/mol. The smallest absolute Gasteiger partial charge is 0.280 e. The van der Waals surface area contributed by atoms with Crippen LogP contribution in [0.3, 0.4) is 0 Å². The molecule has 0 aliphatic carbocycles. The van der Waals surface area contributed by atoms with Crippen molar-refractivity contribution in [2.45, 2.75) is 6.92 Å². The summed E-state index contributed by atoms with van der Waals surface area (Å²) in [6.45, 7) is 4.52. The molecule has 2 aromatic carbocycles. The maximum absolute atomic E-state index is 12.3. The zero-order chi connectivity index (χ0) is 24.1. The second kappa shape index (κ2) is 10.0. The third kappa shape index (κ3) is 5.32. The molecule has 1 aliphatic heterocycles. The van der Waals surface area contributed by atoms with Crippen LogP contribution in [0.2, 0.25) is 0 Å². The zero-order valence-corrected chi connectivity index (χ0v) is 18.6. The van der Waals surface area contributed by atoms with Crippen molar-refractivity contribution in [2.75, 3.05) is 36.4 Å². The number of furan rings is 1. The van der Waals surface area contributed by atoms with E-state index >= 15 is 0 Å². The van der Waals surface area contributed by atoms with Gasteiger partial charge in [0.15, 0.2) is 0 Å². The molecule has 1 aromatic heterocycles. The van der Waals surface area contributed by atoms with E-state index in [0.717, 1.165) is 18.8 Å². The lowest BCUT2D eigenvalue weighted by atomic mass is 10.1. The number of piperazine rings is 1. The number of nitrogens with one attached hydrogen (secondary N) is 1. The third-order valence-corrected chi connectivity index (χ3v) is 5.62. The Kier molecular flexibility index (Phi) is 6.72. The summed E-state index contributed by atoms with van der Waals surface area (Å²) in [5, 5.41) is 14.0. The van der Waals surface area contributed by atoms with Gasteiger partial charge in [-0.05, 0) is 48.5 Å². The van der Waals surface area contributed by atoms with Crippen molar-refractivity contribution in [1.29, 1.82) is 0 Å². The lowest BCUT2D eigenvalue weighted by Crippen LogP contribution is -2.48. The number of nitro benzene ring substituents is 1. The quantitative estimate of drug-likeness (QED) is 0.336. The van der Waals surface area contributed by atoms with Gasteiger partial charge >= 0.3 is 0 Å². The van der Waals surface area contributed by atoms with E-state index < -0.39 is 4.92 Å². The van der Waals surface area contributed by atoms with E-state index in [9.17, 15) is 19.7 Å². The molecule has 174 valence electrons. The molecule has 0 saturated carbocycles. The number of hydrogen-bond donors (Lipinski definition) is 1. The Labute approximate surface area is 196 Å². The van der Waals surface area contributed by atoms with Gasteiger partial charge in [-0.25, -0.2) is 0 Å². The van der Waals surface area contributed by atoms with E-state index in [0.29, 0.717) is 35.9 Å². The van der Waals surface area contributed by atoms with Gasteiger partial charge in [0.1, 0.15) is 11.5 Å². The number of anilines is 2. The standard InChI is InChI=1S/C25H24N4O5/c1-18(30)27-14-16-28(17-15-27)20-8-6-19(7-9-20)26-25(31)13-11-21-10-12-24(34-21)22-4-2-3-5-23(22)29(32)33/h2-13H,14-17H2,1H3,(H,26,31)/b13-11+. The molecule has 1 fully saturated rings. The van der Waals surface area contributed by atoms with Crippen LogP contribution in [0, 0.1) is 10.1 Å². The fourth-order valence-electron chi connectivity index (χ4n) is 3.81. The molecule has 0 spiro atoms. The van der Waals surface area contributed by atoms with Crippen LogP contribution in [0.1, 0.15) is 12.7 Å². The number of carbonyl (C=O) groups excluding carboxylic acids is 2. The van der Waals surface area contributed by atoms with Crippen molar-refractivity contribution in [3.05, 3.63) is 82.6 Å². The summed E-state index contributed by atoms with van der Waals surface area (Å²) >= 11 is 0. The van der Waals surface area contributed by atoms with E-state index in [1.165, 1.54) is 18.2 Å². The summed E-state index contributed by atoms with van der Waals surface area (Å²) in [7, 11) is 0. The molecule has 0 atom stereocenters. The minimum Gasteiger partial charge on any atom is -0.456 e. The molecule has 9 heteroatoms. The van der Waals surface area contributed by atoms with Crippen LogP contribution in [-0.4, -0.2) is 47.8 Å². The first kappa shape index (κ1) is 22.8. The topological polar surface area (TPSA) is 109 Å². The van der Waals surface area contributed by atoms with Gasteiger partial charge in [-0.3, -0.25) is 19.7 Å². The average Bonchev–Trinajstić information content (AvgIpc) is 3.32. The largest absolute Gasteiger partial charge is 0.456 e. The monoisotopic (exact) mass is 460 g/mol. The van der Waals surface area contributed by atoms with E-state index in [2.05, 4.69) is 10.2 Å². The van der Waals surface area contributed by atoms with E-state index in [-0.39, 0.29) is 17.5 Å². The summed E-state index contributed by atoms with van der Waals surface area (Å²) in [5.41, 5.74) is 2.02. The number of hydrogen-bond acceptors (Lipinski definition) is 6. The highest BCUT2D eigenvalue weighted by atomic mass is 16.6. The van der Waals surface area contributed by atoms with Crippen molar-refractivity contribution in [3.63, 3.8) is 0 Å². The van der Waals surface area contributed by atoms with Crippen molar-refractivity contribution >= 4 is 35.0 Å². The maximum Gasteiger partial charge on any atom is 0.280 e. The van der Waals surface area contributed by atoms with E-state index in [4.69, 9.17) is 4.42 Å². The van der Waals surface area contributed by atoms with Gasteiger partial charge < -0.3 is 19.5 Å². The second-order valence-electron chi connectivity index (χ2n) is 7.84. The lowest BCUT2D eigenvalue weighted by molar-refractivity contribution is -0.384. The first-order valence-electron chi connectivity index (χ1n) is 10.8. The zero-order valence-electron chi connectivity index (χ0n) is 18.6. The molecule has 2 heterocycles. The molecule has 3 aromatic rings. The van der Waals surface area contributed by atoms with Crippen molar-refractivity contribution in [3.8, 4) is 11.3 Å². The van der Waals surface area contributed by atoms with Crippen LogP contribution in [0.25, 0.3) is 17.4 Å². The van der Waals surface area contributed by atoms with Crippen LogP contribution >= 0.6 is 0 Å². The van der Waals surface area contributed by atoms with Crippen molar-refractivity contribution in [1.82, 2.24) is 4.90 Å². The molecule has 2 amide bonds. The predicted octanol–water partition coefficient (Wildman–Crippen LogP) is 4.18. The number of nitro groups is 1. The fraction of sp³-hybridized carbons (Fsp3) is 0.200. The summed E-state index contributed by atoms with van der Waals surface area (Å²) in [6, 6.07) is 17.1. The lowest BCUT2D eigenvalue weighted by Gasteiger charge is -2.35. The molecule has 34 heavy (non-hydrogen) atoms. The number of amides is 2. The number of carbonyl (C=O) groups is 2. The van der Waals surface area contributed by atoms with Crippen LogP contribution in [-0.2, 0) is 9.59 Å². The SMILES string of the molecule is CC(=O)N1CCN(c2ccc(NC(=O)/C=C/c3ccc(-c4ccccc4[N+](=O)[O-])o3)cc2)CC1. The third-order valence-electron chi connectivity index (χ3n) is 5.62. The Morgan fingerprint density at radius 2 is 1.71 bits per heavy atom. The molecule has 0 bridgehead atoms. The normalized spacial score (nSPS) is 13.8. The van der Waals surface area contributed by atoms with Gasteiger partial charge in [0.2, 0.25) is 11.8 Å². The molecule has 0 radical (unpaired) electrons. The number of para-hydroxylation sites is 1. The van der Waals surface area contributed by atoms with Gasteiger partial charge in [-0.15, -0.1) is 0 Å². The highest BCUT2D eigenvalue weighted by molar-refractivity contribution is 6.01. The number of nitrogens with zero attached hydrogens (tertiary/aromatic N) is 3. The molecule has 1 aliphatic rings. The van der Waals surface area contributed by atoms with Gasteiger partial charge in [0, 0.05) is 56.6 Å². The molecule has 9 nitrogen and oxygen atoms in total. The summed E-state index contributed by atoms with van der Waals surface area (Å²) in [5.74, 6) is 0.528. The average molecular weight is 460 g/mol. The van der Waals surface area contributed by atoms with Gasteiger partial charge in [0.05, 0.1) is 10.5 Å². The second-order valence-corrected chi connectivity index (χ2v) is 7.84. The molecular formula is C25H24N4O5. The summed E-state index contributed by atoms with van der Waals surface area (Å²) in [6.07, 6.45) is 2.85. The fourth-order valence-corrected chi connectivity index (χ4v) is 3.81. The van der Waals surface area contributed by atoms with Crippen LogP contribution in [0.5, 0.6) is 0 Å². The molecule has 0 unspecified atom stereocenters. The maximum atomic E-state index is 12.3. The summed E-state index contributed by atoms with van der Waals surface area (Å²) in [4.78, 5) is 38.6. The predicted molar refractivity (Wildman–Crippen MR) is 129 cm³/mol. The van der Waals surface area contributed by atoms with Crippen LogP contribution in [0.4, 0.5) is 17.1 Å². The molecule has 4 rings (SSSR count). The van der Waals surface area contributed by atoms with Gasteiger partial charge in [-0.2, -0.15) is 0 Å². The highest BCUT2D eigenvalue weighted by Crippen LogP contribution is 2.31. The van der Waals surface area contributed by atoms with Gasteiger partial charge in [-0.1, -0.05) is 12.1 Å². The highest BCUT2D eigenvalue weighted by Gasteiger charge is 2.19. The number of rotatable bonds is 6. The Hall–Kier alpha value is -4.40. The van der Waals surface area contributed by atoms with Crippen molar-refractivity contribution < 1.29 is 18.9 Å². The van der Waals surface area contributed by atoms with Crippen LogP contribution < -0.4 is 10.2 Å². The Morgan fingerprint density at radius 3 is 2.38 bits per heavy atom. The minimum absolute atomic E-state index is 0.0469. The van der Waals surface area contributed by atoms with E-state index in [1.54, 1.807) is 37.3 Å². The summed E-state index contributed by atoms with van der Waals surface area (Å²) < 4.78 is 5.67. The Balaban J connectivity index is 1.34. The van der Waals surface area contributed by atoms with Crippen molar-refractivity contribution in [2.24, 2.45) is 0 Å². The Morgan fingerprint density at radius 1 is 1.00 bits per heavy atom. The minimum atomic E-state index is -0.460. The Bertz CT molecular complexity index is 1220. The number of benzene rings is 2. The van der Waals surface area contributed by atoms with Crippen LogP contribution in [0.15, 0.2) is 71.2 Å². The molecule has 1 saturated heterocycles. The van der Waals surface area contributed by atoms with Gasteiger partial charge in [0.25, 0.3) is 5.69 Å².